The van der Waals surface area contributed by atoms with Crippen LogP contribution < -0.4 is 15.5 Å². The molecule has 0 bridgehead atoms. The minimum Gasteiger partial charge on any atom is -0.497 e. The topological polar surface area (TPSA) is 70.4 Å². The van der Waals surface area contributed by atoms with Gasteiger partial charge in [-0.1, -0.05) is 23.2 Å². The van der Waals surface area contributed by atoms with Crippen molar-refractivity contribution in [3.05, 3.63) is 99.5 Å². The number of nitrogens with zero attached hydrogens (tertiary/aromatic N) is 1. The van der Waals surface area contributed by atoms with E-state index in [0.29, 0.717) is 21.4 Å². The largest absolute Gasteiger partial charge is 0.497 e. The van der Waals surface area contributed by atoms with Crippen LogP contribution in [0.25, 0.3) is 0 Å². The summed E-state index contributed by atoms with van der Waals surface area (Å²) in [5, 5.41) is 4.00. The van der Waals surface area contributed by atoms with E-state index in [0.717, 1.165) is 11.1 Å². The van der Waals surface area contributed by atoms with Crippen LogP contribution in [0.15, 0.2) is 72.8 Å². The maximum atomic E-state index is 12.9. The van der Waals surface area contributed by atoms with Crippen LogP contribution in [-0.2, 0) is 4.79 Å². The Hall–Kier alpha value is -3.35. The number of hydrazone groups is 1. The SMILES string of the molecule is COc1ccc([C@H]2[C@@H](NC(=O)c3ccc(Cl)cc3)C(=O)N/[N+]2=C\c2ccc(Cl)cc2)cc1. The molecule has 1 fully saturated rings. The Morgan fingerprint density at radius 1 is 0.969 bits per heavy atom. The van der Waals surface area contributed by atoms with E-state index in [4.69, 9.17) is 27.9 Å². The van der Waals surface area contributed by atoms with Gasteiger partial charge in [-0.05, 0) is 72.8 Å². The third-order valence-corrected chi connectivity index (χ3v) is 5.65. The van der Waals surface area contributed by atoms with Crippen molar-refractivity contribution in [2.45, 2.75) is 12.1 Å². The molecule has 162 valence electrons. The predicted molar refractivity (Wildman–Crippen MR) is 123 cm³/mol. The van der Waals surface area contributed by atoms with Gasteiger partial charge in [-0.25, -0.2) is 0 Å². The summed E-state index contributed by atoms with van der Waals surface area (Å²) in [5.41, 5.74) is 4.94. The van der Waals surface area contributed by atoms with Crippen LogP contribution in [0.3, 0.4) is 0 Å². The average molecular weight is 469 g/mol. The molecular weight excluding hydrogens is 449 g/mol. The summed E-state index contributed by atoms with van der Waals surface area (Å²) in [4.78, 5) is 25.7. The molecule has 0 aliphatic carbocycles. The first kappa shape index (κ1) is 21.9. The molecule has 1 saturated heterocycles. The van der Waals surface area contributed by atoms with Crippen molar-refractivity contribution in [1.82, 2.24) is 10.7 Å². The molecule has 2 atom stereocenters. The van der Waals surface area contributed by atoms with Gasteiger partial charge in [0.25, 0.3) is 5.91 Å². The Morgan fingerprint density at radius 3 is 2.16 bits per heavy atom. The Bertz CT molecular complexity index is 1160. The highest BCUT2D eigenvalue weighted by molar-refractivity contribution is 6.31. The second kappa shape index (κ2) is 9.42. The normalized spacial score (nSPS) is 19.0. The van der Waals surface area contributed by atoms with Crippen LogP contribution in [0.2, 0.25) is 10.0 Å². The number of hydrogen-bond donors (Lipinski definition) is 2. The molecule has 0 saturated carbocycles. The monoisotopic (exact) mass is 468 g/mol. The number of benzene rings is 3. The molecule has 1 heterocycles. The fraction of sp³-hybridized carbons (Fsp3) is 0.125. The highest BCUT2D eigenvalue weighted by Gasteiger charge is 2.47. The number of nitrogens with one attached hydrogen (secondary N) is 2. The first-order valence-electron chi connectivity index (χ1n) is 9.84. The van der Waals surface area contributed by atoms with Gasteiger partial charge in [-0.15, -0.1) is 10.1 Å². The lowest BCUT2D eigenvalue weighted by atomic mass is 9.99. The maximum absolute atomic E-state index is 12.9. The van der Waals surface area contributed by atoms with Crippen molar-refractivity contribution >= 4 is 41.2 Å². The van der Waals surface area contributed by atoms with E-state index in [1.165, 1.54) is 0 Å². The molecule has 32 heavy (non-hydrogen) atoms. The van der Waals surface area contributed by atoms with E-state index in [9.17, 15) is 9.59 Å². The Labute approximate surface area is 195 Å². The molecule has 0 spiro atoms. The van der Waals surface area contributed by atoms with E-state index in [-0.39, 0.29) is 11.8 Å². The zero-order valence-corrected chi connectivity index (χ0v) is 18.6. The highest BCUT2D eigenvalue weighted by Crippen LogP contribution is 2.27. The number of carbonyl (C=O) groups is 2. The first-order chi connectivity index (χ1) is 15.4. The molecule has 8 heteroatoms. The zero-order chi connectivity index (χ0) is 22.7. The molecular formula is C24H20Cl2N3O3+. The van der Waals surface area contributed by atoms with Gasteiger partial charge in [0.2, 0.25) is 12.3 Å². The number of amides is 2. The molecule has 1 aliphatic heterocycles. The van der Waals surface area contributed by atoms with Crippen LogP contribution >= 0.6 is 23.2 Å². The number of hydrazine groups is 1. The minimum atomic E-state index is -0.824. The fourth-order valence-corrected chi connectivity index (χ4v) is 3.77. The van der Waals surface area contributed by atoms with Crippen LogP contribution in [0.1, 0.15) is 27.5 Å². The summed E-state index contributed by atoms with van der Waals surface area (Å²) < 4.78 is 6.94. The molecule has 2 amide bonds. The number of carbonyl (C=O) groups excluding carboxylic acids is 2. The van der Waals surface area contributed by atoms with Gasteiger partial charge in [0.05, 0.1) is 7.11 Å². The number of methoxy groups -OCH3 is 1. The fourth-order valence-electron chi connectivity index (χ4n) is 3.52. The van der Waals surface area contributed by atoms with Gasteiger partial charge in [0.15, 0.2) is 6.04 Å². The summed E-state index contributed by atoms with van der Waals surface area (Å²) in [6.07, 6.45) is 1.80. The molecule has 0 unspecified atom stereocenters. The van der Waals surface area contributed by atoms with E-state index in [2.05, 4.69) is 10.7 Å². The smallest absolute Gasteiger partial charge is 0.304 e. The molecule has 3 aromatic rings. The van der Waals surface area contributed by atoms with Crippen molar-refractivity contribution in [2.24, 2.45) is 0 Å². The summed E-state index contributed by atoms with van der Waals surface area (Å²) in [5.74, 6) is 0.00743. The van der Waals surface area contributed by atoms with Crippen LogP contribution in [-0.4, -0.2) is 35.9 Å². The van der Waals surface area contributed by atoms with E-state index in [1.807, 2.05) is 36.4 Å². The van der Waals surface area contributed by atoms with Crippen molar-refractivity contribution < 1.29 is 19.0 Å². The molecule has 0 aromatic heterocycles. The lowest BCUT2D eigenvalue weighted by molar-refractivity contribution is -0.596. The van der Waals surface area contributed by atoms with Crippen molar-refractivity contribution in [3.8, 4) is 5.75 Å². The Morgan fingerprint density at radius 2 is 1.56 bits per heavy atom. The second-order valence-electron chi connectivity index (χ2n) is 7.24. The first-order valence-corrected chi connectivity index (χ1v) is 10.6. The van der Waals surface area contributed by atoms with Crippen molar-refractivity contribution in [3.63, 3.8) is 0 Å². The number of rotatable bonds is 5. The Balaban J connectivity index is 1.69. The number of ether oxygens (including phenoxy) is 1. The number of halogens is 2. The van der Waals surface area contributed by atoms with Gasteiger partial charge < -0.3 is 10.1 Å². The number of hydrogen-bond acceptors (Lipinski definition) is 3. The third-order valence-electron chi connectivity index (χ3n) is 5.15. The van der Waals surface area contributed by atoms with E-state index < -0.39 is 12.1 Å². The summed E-state index contributed by atoms with van der Waals surface area (Å²) in [6, 6.07) is 19.8. The summed E-state index contributed by atoms with van der Waals surface area (Å²) in [7, 11) is 1.59. The van der Waals surface area contributed by atoms with Crippen molar-refractivity contribution in [2.75, 3.05) is 7.11 Å². The van der Waals surface area contributed by atoms with Gasteiger partial charge in [0.1, 0.15) is 5.75 Å². The predicted octanol–water partition coefficient (Wildman–Crippen LogP) is 4.02. The molecule has 0 radical (unpaired) electrons. The van der Waals surface area contributed by atoms with Crippen LogP contribution in [0.4, 0.5) is 0 Å². The lowest BCUT2D eigenvalue weighted by Gasteiger charge is -2.15. The lowest BCUT2D eigenvalue weighted by Crippen LogP contribution is -2.42. The zero-order valence-electron chi connectivity index (χ0n) is 17.1. The third kappa shape index (κ3) is 4.77. The minimum absolute atomic E-state index is 0.321. The van der Waals surface area contributed by atoms with Gasteiger partial charge in [-0.2, -0.15) is 0 Å². The summed E-state index contributed by atoms with van der Waals surface area (Å²) >= 11 is 11.9. The van der Waals surface area contributed by atoms with Gasteiger partial charge in [0, 0.05) is 26.7 Å². The quantitative estimate of drug-likeness (QED) is 0.555. The standard InChI is InChI=1S/C24H19Cl2N3O3/c1-32-20-12-6-16(7-13-20)22-21(27-23(30)17-4-10-19(26)11-5-17)24(31)28-29(22)14-15-2-8-18(25)9-3-15/h2-14,21-22H,1H3,(H-,27,28,30,31)/p+1/b29-14-/t21-,22+/m1/s1. The average Bonchev–Trinajstić information content (AvgIpc) is 3.10. The Kier molecular flexibility index (Phi) is 6.44. The molecule has 3 aromatic carbocycles. The maximum Gasteiger partial charge on any atom is 0.304 e. The van der Waals surface area contributed by atoms with E-state index >= 15 is 0 Å². The van der Waals surface area contributed by atoms with Crippen LogP contribution in [0, 0.1) is 0 Å². The van der Waals surface area contributed by atoms with Crippen molar-refractivity contribution in [1.29, 1.82) is 0 Å². The molecule has 1 aliphatic rings. The highest BCUT2D eigenvalue weighted by atomic mass is 35.5. The van der Waals surface area contributed by atoms with Gasteiger partial charge >= 0.3 is 5.91 Å². The molecule has 4 rings (SSSR count). The van der Waals surface area contributed by atoms with E-state index in [1.54, 1.807) is 54.4 Å². The van der Waals surface area contributed by atoms with Gasteiger partial charge in [-0.3, -0.25) is 9.59 Å². The molecule has 2 N–H and O–H groups in total. The summed E-state index contributed by atoms with van der Waals surface area (Å²) in [6.45, 7) is 0. The molecule has 6 nitrogen and oxygen atoms in total. The van der Waals surface area contributed by atoms with Crippen LogP contribution in [0.5, 0.6) is 5.75 Å². The second-order valence-corrected chi connectivity index (χ2v) is 8.11.